The molecule has 0 fully saturated rings. The van der Waals surface area contributed by atoms with Crippen LogP contribution in [0.25, 0.3) is 11.1 Å². The number of carbonyl (C=O) groups is 1. The van der Waals surface area contributed by atoms with Crippen LogP contribution in [0.15, 0.2) is 54.6 Å². The minimum absolute atomic E-state index is 0.149. The van der Waals surface area contributed by atoms with Crippen LogP contribution in [0.2, 0.25) is 0 Å². The van der Waals surface area contributed by atoms with Crippen LogP contribution in [0.4, 0.5) is 0 Å². The van der Waals surface area contributed by atoms with Gasteiger partial charge in [0.1, 0.15) is 0 Å². The molecular formula is C19H23NO. The summed E-state index contributed by atoms with van der Waals surface area (Å²) in [6.07, 6.45) is 3.89. The minimum Gasteiger partial charge on any atom is -0.352 e. The lowest BCUT2D eigenvalue weighted by atomic mass is 10.0. The highest BCUT2D eigenvalue weighted by Crippen LogP contribution is 2.19. The van der Waals surface area contributed by atoms with Gasteiger partial charge >= 0.3 is 0 Å². The molecule has 2 heteroatoms. The molecule has 0 bridgehead atoms. The Morgan fingerprint density at radius 2 is 1.57 bits per heavy atom. The molecule has 0 saturated carbocycles. The van der Waals surface area contributed by atoms with Gasteiger partial charge in [-0.2, -0.15) is 0 Å². The quantitative estimate of drug-likeness (QED) is 0.741. The van der Waals surface area contributed by atoms with Crippen molar-refractivity contribution in [3.63, 3.8) is 0 Å². The van der Waals surface area contributed by atoms with E-state index < -0.39 is 0 Å². The van der Waals surface area contributed by atoms with Crippen molar-refractivity contribution in [3.8, 4) is 11.1 Å². The van der Waals surface area contributed by atoms with Crippen LogP contribution in [0.1, 0.15) is 38.2 Å². The van der Waals surface area contributed by atoms with E-state index in [0.717, 1.165) is 24.8 Å². The number of amides is 1. The summed E-state index contributed by atoms with van der Waals surface area (Å²) in [5.41, 5.74) is 3.56. The SMILES string of the molecule is CCCCCC(=O)NCc1ccc(-c2ccccc2)cc1. The van der Waals surface area contributed by atoms with E-state index in [9.17, 15) is 4.79 Å². The summed E-state index contributed by atoms with van der Waals surface area (Å²) < 4.78 is 0. The van der Waals surface area contributed by atoms with Crippen molar-refractivity contribution in [1.29, 1.82) is 0 Å². The molecule has 2 aromatic rings. The maximum Gasteiger partial charge on any atom is 0.220 e. The Hall–Kier alpha value is -2.09. The molecule has 0 saturated heterocycles. The maximum atomic E-state index is 11.7. The average Bonchev–Trinajstić information content (AvgIpc) is 2.54. The highest BCUT2D eigenvalue weighted by molar-refractivity contribution is 5.75. The zero-order valence-electron chi connectivity index (χ0n) is 12.6. The molecule has 1 N–H and O–H groups in total. The fourth-order valence-electron chi connectivity index (χ4n) is 2.27. The van der Waals surface area contributed by atoms with Gasteiger partial charge in [0.2, 0.25) is 5.91 Å². The smallest absolute Gasteiger partial charge is 0.220 e. The van der Waals surface area contributed by atoms with Crippen LogP contribution in [-0.2, 0) is 11.3 Å². The molecule has 2 rings (SSSR count). The molecule has 0 atom stereocenters. The van der Waals surface area contributed by atoms with Gasteiger partial charge in [-0.1, -0.05) is 74.4 Å². The standard InChI is InChI=1S/C19H23NO/c1-2-3-5-10-19(21)20-15-16-11-13-18(14-12-16)17-8-6-4-7-9-17/h4,6-9,11-14H,2-3,5,10,15H2,1H3,(H,20,21). The van der Waals surface area contributed by atoms with E-state index >= 15 is 0 Å². The Bertz CT molecular complexity index is 546. The lowest BCUT2D eigenvalue weighted by Crippen LogP contribution is -2.22. The van der Waals surface area contributed by atoms with Crippen molar-refractivity contribution in [2.45, 2.75) is 39.2 Å². The number of benzene rings is 2. The number of nitrogens with one attached hydrogen (secondary N) is 1. The molecule has 21 heavy (non-hydrogen) atoms. The Kier molecular flexibility index (Phi) is 6.01. The van der Waals surface area contributed by atoms with Crippen LogP contribution in [0.5, 0.6) is 0 Å². The van der Waals surface area contributed by atoms with Crippen LogP contribution in [-0.4, -0.2) is 5.91 Å². The number of rotatable bonds is 7. The van der Waals surface area contributed by atoms with Crippen LogP contribution >= 0.6 is 0 Å². The summed E-state index contributed by atoms with van der Waals surface area (Å²) in [4.78, 5) is 11.7. The number of carbonyl (C=O) groups excluding carboxylic acids is 1. The van der Waals surface area contributed by atoms with Gasteiger partial charge in [0.25, 0.3) is 0 Å². The first kappa shape index (κ1) is 15.3. The highest BCUT2D eigenvalue weighted by atomic mass is 16.1. The third-order valence-corrected chi connectivity index (χ3v) is 3.56. The molecule has 2 nitrogen and oxygen atoms in total. The van der Waals surface area contributed by atoms with Gasteiger partial charge in [0.15, 0.2) is 0 Å². The van der Waals surface area contributed by atoms with Gasteiger partial charge in [-0.25, -0.2) is 0 Å². The molecule has 0 spiro atoms. The van der Waals surface area contributed by atoms with Crippen molar-refractivity contribution >= 4 is 5.91 Å². The first-order valence-electron chi connectivity index (χ1n) is 7.70. The lowest BCUT2D eigenvalue weighted by molar-refractivity contribution is -0.121. The summed E-state index contributed by atoms with van der Waals surface area (Å²) in [6.45, 7) is 2.76. The van der Waals surface area contributed by atoms with E-state index in [1.54, 1.807) is 0 Å². The third-order valence-electron chi connectivity index (χ3n) is 3.56. The van der Waals surface area contributed by atoms with Gasteiger partial charge in [-0.05, 0) is 23.1 Å². The van der Waals surface area contributed by atoms with Gasteiger partial charge in [0, 0.05) is 13.0 Å². The topological polar surface area (TPSA) is 29.1 Å². The summed E-state index contributed by atoms with van der Waals surface area (Å²) in [5.74, 6) is 0.149. The Morgan fingerprint density at radius 1 is 0.905 bits per heavy atom. The van der Waals surface area contributed by atoms with E-state index in [-0.39, 0.29) is 5.91 Å². The Morgan fingerprint density at radius 3 is 2.24 bits per heavy atom. The molecule has 0 aromatic heterocycles. The first-order chi connectivity index (χ1) is 10.3. The minimum atomic E-state index is 0.149. The van der Waals surface area contributed by atoms with Crippen molar-refractivity contribution in [3.05, 3.63) is 60.2 Å². The van der Waals surface area contributed by atoms with Crippen molar-refractivity contribution < 1.29 is 4.79 Å². The molecule has 2 aromatic carbocycles. The largest absolute Gasteiger partial charge is 0.352 e. The summed E-state index contributed by atoms with van der Waals surface area (Å²) >= 11 is 0. The molecule has 0 aliphatic rings. The zero-order valence-corrected chi connectivity index (χ0v) is 12.6. The Balaban J connectivity index is 1.84. The average molecular weight is 281 g/mol. The predicted octanol–water partition coefficient (Wildman–Crippen LogP) is 4.55. The second-order valence-corrected chi connectivity index (χ2v) is 5.30. The maximum absolute atomic E-state index is 11.7. The number of hydrogen-bond acceptors (Lipinski definition) is 1. The molecular weight excluding hydrogens is 258 g/mol. The summed E-state index contributed by atoms with van der Waals surface area (Å²) in [5, 5.41) is 2.98. The van der Waals surface area contributed by atoms with E-state index in [1.807, 2.05) is 18.2 Å². The third kappa shape index (κ3) is 5.07. The fraction of sp³-hybridized carbons (Fsp3) is 0.316. The number of hydrogen-bond donors (Lipinski definition) is 1. The fourth-order valence-corrected chi connectivity index (χ4v) is 2.27. The molecule has 0 heterocycles. The van der Waals surface area contributed by atoms with Gasteiger partial charge in [-0.3, -0.25) is 4.79 Å². The second kappa shape index (κ2) is 8.25. The number of unbranched alkanes of at least 4 members (excludes halogenated alkanes) is 2. The van der Waals surface area contributed by atoms with Crippen molar-refractivity contribution in [2.24, 2.45) is 0 Å². The van der Waals surface area contributed by atoms with Gasteiger partial charge in [0.05, 0.1) is 0 Å². The highest BCUT2D eigenvalue weighted by Gasteiger charge is 2.01. The molecule has 0 aliphatic carbocycles. The van der Waals surface area contributed by atoms with Crippen LogP contribution in [0.3, 0.4) is 0 Å². The Labute approximate surface area is 127 Å². The summed E-state index contributed by atoms with van der Waals surface area (Å²) in [7, 11) is 0. The summed E-state index contributed by atoms with van der Waals surface area (Å²) in [6, 6.07) is 18.7. The molecule has 110 valence electrons. The van der Waals surface area contributed by atoms with Crippen molar-refractivity contribution in [2.75, 3.05) is 0 Å². The van der Waals surface area contributed by atoms with E-state index in [0.29, 0.717) is 13.0 Å². The monoisotopic (exact) mass is 281 g/mol. The van der Waals surface area contributed by atoms with E-state index in [1.165, 1.54) is 11.1 Å². The lowest BCUT2D eigenvalue weighted by Gasteiger charge is -2.07. The van der Waals surface area contributed by atoms with Crippen LogP contribution in [0, 0.1) is 0 Å². The van der Waals surface area contributed by atoms with E-state index in [4.69, 9.17) is 0 Å². The molecule has 0 aliphatic heterocycles. The molecule has 0 unspecified atom stereocenters. The normalized spacial score (nSPS) is 10.3. The molecule has 1 amide bonds. The molecule has 0 radical (unpaired) electrons. The first-order valence-corrected chi connectivity index (χ1v) is 7.70. The van der Waals surface area contributed by atoms with Crippen molar-refractivity contribution in [1.82, 2.24) is 5.32 Å². The predicted molar refractivity (Wildman–Crippen MR) is 87.9 cm³/mol. The van der Waals surface area contributed by atoms with Gasteiger partial charge < -0.3 is 5.32 Å². The van der Waals surface area contributed by atoms with Crippen LogP contribution < -0.4 is 5.32 Å². The van der Waals surface area contributed by atoms with E-state index in [2.05, 4.69) is 48.6 Å². The van der Waals surface area contributed by atoms with Gasteiger partial charge in [-0.15, -0.1) is 0 Å². The zero-order chi connectivity index (χ0) is 14.9. The second-order valence-electron chi connectivity index (χ2n) is 5.30.